The molecule has 0 aliphatic carbocycles. The van der Waals surface area contributed by atoms with Crippen molar-refractivity contribution in [2.45, 2.75) is 6.92 Å². The summed E-state index contributed by atoms with van der Waals surface area (Å²) in [5.41, 5.74) is 0. The maximum atomic E-state index is 4.02. The van der Waals surface area contributed by atoms with Gasteiger partial charge in [-0.2, -0.15) is 0 Å². The molecule has 0 atom stereocenters. The zero-order chi connectivity index (χ0) is 7.94. The molecule has 0 aliphatic rings. The molecular weight excluding hydrogens is 140 g/mol. The van der Waals surface area contributed by atoms with Crippen molar-refractivity contribution in [3.63, 3.8) is 0 Å². The second-order valence-corrected chi connectivity index (χ2v) is 2.22. The van der Waals surface area contributed by atoms with Gasteiger partial charge < -0.3 is 15.6 Å². The van der Waals surface area contributed by atoms with Gasteiger partial charge in [-0.3, -0.25) is 0 Å². The number of nitrogens with zero attached hydrogens (tertiary/aromatic N) is 1. The molecule has 0 unspecified atom stereocenters. The Bertz CT molecular complexity index is 171. The zero-order valence-corrected chi connectivity index (χ0v) is 6.72. The molecule has 11 heavy (non-hydrogen) atoms. The summed E-state index contributed by atoms with van der Waals surface area (Å²) in [7, 11) is 0. The van der Waals surface area contributed by atoms with E-state index in [1.54, 1.807) is 12.4 Å². The van der Waals surface area contributed by atoms with E-state index in [0.29, 0.717) is 0 Å². The minimum atomic E-state index is 0.836. The van der Waals surface area contributed by atoms with Crippen molar-refractivity contribution < 1.29 is 0 Å². The third-order valence-corrected chi connectivity index (χ3v) is 1.34. The number of likely N-dealkylation sites (N-methyl/N-ethyl adjacent to an activating group) is 1. The Hall–Kier alpha value is -1.03. The molecule has 0 fully saturated rings. The van der Waals surface area contributed by atoms with Crippen LogP contribution in [-0.4, -0.2) is 29.6 Å². The lowest BCUT2D eigenvalue weighted by Gasteiger charge is -2.01. The van der Waals surface area contributed by atoms with E-state index in [4.69, 9.17) is 0 Å². The molecule has 1 aromatic heterocycles. The molecule has 0 amide bonds. The van der Waals surface area contributed by atoms with Gasteiger partial charge in [-0.15, -0.1) is 0 Å². The first-order chi connectivity index (χ1) is 5.43. The highest BCUT2D eigenvalue weighted by atomic mass is 15.1. The van der Waals surface area contributed by atoms with Gasteiger partial charge in [0, 0.05) is 25.5 Å². The number of rotatable bonds is 5. The standard InChI is InChI=1S/C7H14N4/c1-2-8-3-4-9-7-10-5-6-11-7/h5-6,8H,2-4H2,1H3,(H2,9,10,11). The van der Waals surface area contributed by atoms with Crippen molar-refractivity contribution in [1.82, 2.24) is 15.3 Å². The monoisotopic (exact) mass is 154 g/mol. The largest absolute Gasteiger partial charge is 0.355 e. The van der Waals surface area contributed by atoms with Gasteiger partial charge in [0.1, 0.15) is 0 Å². The molecule has 0 spiro atoms. The van der Waals surface area contributed by atoms with Crippen LogP contribution in [0, 0.1) is 0 Å². The predicted molar refractivity (Wildman–Crippen MR) is 45.6 cm³/mol. The van der Waals surface area contributed by atoms with E-state index in [2.05, 4.69) is 27.5 Å². The lowest BCUT2D eigenvalue weighted by molar-refractivity contribution is 0.737. The molecule has 0 bridgehead atoms. The summed E-state index contributed by atoms with van der Waals surface area (Å²) in [5, 5.41) is 6.34. The number of hydrogen-bond donors (Lipinski definition) is 3. The SMILES string of the molecule is CCNCCNc1ncc[nH]1. The maximum absolute atomic E-state index is 4.02. The fraction of sp³-hybridized carbons (Fsp3) is 0.571. The van der Waals surface area contributed by atoms with Crippen LogP contribution < -0.4 is 10.6 Å². The molecule has 0 aromatic carbocycles. The van der Waals surface area contributed by atoms with E-state index in [-0.39, 0.29) is 0 Å². The number of H-pyrrole nitrogens is 1. The number of aromatic nitrogens is 2. The number of aromatic amines is 1. The number of anilines is 1. The van der Waals surface area contributed by atoms with Gasteiger partial charge in [0.15, 0.2) is 5.95 Å². The lowest BCUT2D eigenvalue weighted by atomic mass is 10.6. The second-order valence-electron chi connectivity index (χ2n) is 2.22. The van der Waals surface area contributed by atoms with Crippen molar-refractivity contribution in [3.05, 3.63) is 12.4 Å². The molecule has 0 saturated carbocycles. The van der Waals surface area contributed by atoms with Crippen LogP contribution in [0.5, 0.6) is 0 Å². The van der Waals surface area contributed by atoms with Crippen molar-refractivity contribution >= 4 is 5.95 Å². The quantitative estimate of drug-likeness (QED) is 0.539. The van der Waals surface area contributed by atoms with Gasteiger partial charge >= 0.3 is 0 Å². The van der Waals surface area contributed by atoms with Crippen molar-refractivity contribution in [1.29, 1.82) is 0 Å². The summed E-state index contributed by atoms with van der Waals surface area (Å²) in [6.07, 6.45) is 3.53. The number of hydrogen-bond acceptors (Lipinski definition) is 3. The zero-order valence-electron chi connectivity index (χ0n) is 6.72. The predicted octanol–water partition coefficient (Wildman–Crippen LogP) is 0.431. The second kappa shape index (κ2) is 4.73. The minimum absolute atomic E-state index is 0.836. The van der Waals surface area contributed by atoms with E-state index >= 15 is 0 Å². The smallest absolute Gasteiger partial charge is 0.200 e. The molecule has 1 aromatic rings. The Balaban J connectivity index is 2.04. The highest BCUT2D eigenvalue weighted by Crippen LogP contribution is 1.91. The normalized spacial score (nSPS) is 9.91. The molecule has 4 nitrogen and oxygen atoms in total. The third kappa shape index (κ3) is 3.04. The Kier molecular flexibility index (Phi) is 3.47. The van der Waals surface area contributed by atoms with Gasteiger partial charge in [0.2, 0.25) is 0 Å². The van der Waals surface area contributed by atoms with Crippen LogP contribution in [0.25, 0.3) is 0 Å². The molecule has 0 saturated heterocycles. The van der Waals surface area contributed by atoms with Crippen LogP contribution >= 0.6 is 0 Å². The van der Waals surface area contributed by atoms with Crippen LogP contribution in [0.2, 0.25) is 0 Å². The Morgan fingerprint density at radius 3 is 3.09 bits per heavy atom. The first-order valence-electron chi connectivity index (χ1n) is 3.87. The highest BCUT2D eigenvalue weighted by molar-refractivity contribution is 5.22. The maximum Gasteiger partial charge on any atom is 0.200 e. The number of nitrogens with one attached hydrogen (secondary N) is 3. The van der Waals surface area contributed by atoms with Crippen molar-refractivity contribution in [2.24, 2.45) is 0 Å². The van der Waals surface area contributed by atoms with Crippen molar-refractivity contribution in [2.75, 3.05) is 25.0 Å². The summed E-state index contributed by atoms with van der Waals surface area (Å²) in [4.78, 5) is 6.98. The first-order valence-corrected chi connectivity index (χ1v) is 3.87. The van der Waals surface area contributed by atoms with Crippen LogP contribution in [0.3, 0.4) is 0 Å². The molecular formula is C7H14N4. The summed E-state index contributed by atoms with van der Waals surface area (Å²) in [6, 6.07) is 0. The minimum Gasteiger partial charge on any atom is -0.355 e. The summed E-state index contributed by atoms with van der Waals surface area (Å²) >= 11 is 0. The molecule has 0 aliphatic heterocycles. The van der Waals surface area contributed by atoms with Gasteiger partial charge in [-0.05, 0) is 6.54 Å². The topological polar surface area (TPSA) is 52.7 Å². The van der Waals surface area contributed by atoms with Gasteiger partial charge in [-0.1, -0.05) is 6.92 Å². The van der Waals surface area contributed by atoms with Gasteiger partial charge in [0.05, 0.1) is 0 Å². The Labute approximate surface area is 66.4 Å². The van der Waals surface area contributed by atoms with Crippen LogP contribution in [0.4, 0.5) is 5.95 Å². The molecule has 0 radical (unpaired) electrons. The first kappa shape index (κ1) is 8.07. The molecule has 1 rings (SSSR count). The highest BCUT2D eigenvalue weighted by Gasteiger charge is 1.89. The van der Waals surface area contributed by atoms with E-state index in [1.165, 1.54) is 0 Å². The average molecular weight is 154 g/mol. The number of imidazole rings is 1. The fourth-order valence-electron chi connectivity index (χ4n) is 0.808. The average Bonchev–Trinajstić information content (AvgIpc) is 2.50. The van der Waals surface area contributed by atoms with Crippen molar-refractivity contribution in [3.8, 4) is 0 Å². The fourth-order valence-corrected chi connectivity index (χ4v) is 0.808. The summed E-state index contributed by atoms with van der Waals surface area (Å²) in [6.45, 7) is 4.98. The van der Waals surface area contributed by atoms with E-state index in [1.807, 2.05) is 0 Å². The molecule has 62 valence electrons. The van der Waals surface area contributed by atoms with E-state index in [9.17, 15) is 0 Å². The molecule has 3 N–H and O–H groups in total. The van der Waals surface area contributed by atoms with Gasteiger partial charge in [-0.25, -0.2) is 4.98 Å². The summed E-state index contributed by atoms with van der Waals surface area (Å²) < 4.78 is 0. The van der Waals surface area contributed by atoms with Crippen LogP contribution in [-0.2, 0) is 0 Å². The Morgan fingerprint density at radius 1 is 1.55 bits per heavy atom. The van der Waals surface area contributed by atoms with E-state index < -0.39 is 0 Å². The van der Waals surface area contributed by atoms with Gasteiger partial charge in [0.25, 0.3) is 0 Å². The Morgan fingerprint density at radius 2 is 2.45 bits per heavy atom. The molecule has 4 heteroatoms. The van der Waals surface area contributed by atoms with E-state index in [0.717, 1.165) is 25.6 Å². The van der Waals surface area contributed by atoms with Crippen LogP contribution in [0.1, 0.15) is 6.92 Å². The summed E-state index contributed by atoms with van der Waals surface area (Å²) in [5.74, 6) is 0.836. The van der Waals surface area contributed by atoms with Crippen LogP contribution in [0.15, 0.2) is 12.4 Å². The molecule has 1 heterocycles. The third-order valence-electron chi connectivity index (χ3n) is 1.34. The lowest BCUT2D eigenvalue weighted by Crippen LogP contribution is -2.21.